The molecule has 9 heteroatoms. The number of carboxylic acid groups (broad SMARTS) is 1. The Balaban J connectivity index is 1.97. The summed E-state index contributed by atoms with van der Waals surface area (Å²) in [5, 5.41) is 23.5. The van der Waals surface area contributed by atoms with Gasteiger partial charge in [0, 0.05) is 0 Å². The molecule has 1 saturated carbocycles. The van der Waals surface area contributed by atoms with Gasteiger partial charge in [0.1, 0.15) is 12.1 Å². The van der Waals surface area contributed by atoms with E-state index in [0.29, 0.717) is 18.8 Å². The SMILES string of the molecule is CCC(C)(C)C1CCC2(CC1)NC(=O)N(CC(=O)NCC(C)(O)C(=O)O)C2=O. The number of rotatable bonds is 7. The zero-order valence-corrected chi connectivity index (χ0v) is 17.0. The van der Waals surface area contributed by atoms with Crippen molar-refractivity contribution in [2.45, 2.75) is 70.9 Å². The van der Waals surface area contributed by atoms with Gasteiger partial charge in [-0.3, -0.25) is 14.5 Å². The molecule has 1 heterocycles. The molecule has 4 amide bonds. The fraction of sp³-hybridized carbons (Fsp3) is 0.789. The van der Waals surface area contributed by atoms with Crippen LogP contribution in [0.4, 0.5) is 4.79 Å². The van der Waals surface area contributed by atoms with Crippen LogP contribution in [0.5, 0.6) is 0 Å². The van der Waals surface area contributed by atoms with Crippen LogP contribution in [-0.2, 0) is 14.4 Å². The van der Waals surface area contributed by atoms with Gasteiger partial charge in [-0.05, 0) is 43.9 Å². The summed E-state index contributed by atoms with van der Waals surface area (Å²) in [6, 6.07) is -0.613. The van der Waals surface area contributed by atoms with E-state index in [-0.39, 0.29) is 5.41 Å². The smallest absolute Gasteiger partial charge is 0.337 e. The van der Waals surface area contributed by atoms with Gasteiger partial charge < -0.3 is 20.8 Å². The lowest BCUT2D eigenvalue weighted by molar-refractivity contribution is -0.156. The van der Waals surface area contributed by atoms with Crippen molar-refractivity contribution in [3.8, 4) is 0 Å². The molecule has 1 saturated heterocycles. The Hall–Kier alpha value is -2.16. The average Bonchev–Trinajstić information content (AvgIpc) is 2.84. The Kier molecular flexibility index (Phi) is 6.08. The standard InChI is InChI=1S/C19H31N3O6/c1-5-17(2,3)12-6-8-19(9-7-12)14(24)22(16(27)21-19)10-13(23)20-11-18(4,28)15(25)26/h12,28H,5-11H2,1-4H3,(H,20,23)(H,21,27)(H,25,26). The second kappa shape index (κ2) is 7.69. The highest BCUT2D eigenvalue weighted by atomic mass is 16.4. The Morgan fingerprint density at radius 2 is 1.82 bits per heavy atom. The molecule has 1 aliphatic heterocycles. The van der Waals surface area contributed by atoms with E-state index in [4.69, 9.17) is 5.11 Å². The van der Waals surface area contributed by atoms with Crippen molar-refractivity contribution in [2.75, 3.05) is 13.1 Å². The lowest BCUT2D eigenvalue weighted by Crippen LogP contribution is -2.52. The number of carbonyl (C=O) groups is 4. The number of carboxylic acids is 1. The van der Waals surface area contributed by atoms with Crippen LogP contribution in [0.15, 0.2) is 0 Å². The number of amides is 4. The zero-order valence-electron chi connectivity index (χ0n) is 17.0. The number of imide groups is 1. The molecule has 2 rings (SSSR count). The lowest BCUT2D eigenvalue weighted by Gasteiger charge is -2.42. The summed E-state index contributed by atoms with van der Waals surface area (Å²) < 4.78 is 0. The van der Waals surface area contributed by atoms with Gasteiger partial charge in [-0.2, -0.15) is 0 Å². The monoisotopic (exact) mass is 397 g/mol. The van der Waals surface area contributed by atoms with Gasteiger partial charge in [0.15, 0.2) is 5.60 Å². The minimum atomic E-state index is -2.13. The number of urea groups is 1. The van der Waals surface area contributed by atoms with Crippen LogP contribution in [0, 0.1) is 11.3 Å². The normalized spacial score (nSPS) is 27.5. The number of aliphatic carboxylic acids is 1. The molecule has 1 atom stereocenters. The predicted molar refractivity (Wildman–Crippen MR) is 100 cm³/mol. The molecule has 1 spiro atoms. The summed E-state index contributed by atoms with van der Waals surface area (Å²) in [5.74, 6) is -2.12. The van der Waals surface area contributed by atoms with Crippen molar-refractivity contribution < 1.29 is 29.4 Å². The number of nitrogens with one attached hydrogen (secondary N) is 2. The van der Waals surface area contributed by atoms with Crippen molar-refractivity contribution in [3.63, 3.8) is 0 Å². The van der Waals surface area contributed by atoms with Crippen molar-refractivity contribution >= 4 is 23.8 Å². The van der Waals surface area contributed by atoms with Gasteiger partial charge in [0.2, 0.25) is 5.91 Å². The van der Waals surface area contributed by atoms with E-state index in [9.17, 15) is 24.3 Å². The van der Waals surface area contributed by atoms with Gasteiger partial charge in [-0.15, -0.1) is 0 Å². The summed E-state index contributed by atoms with van der Waals surface area (Å²) in [6.07, 6.45) is 3.77. The minimum absolute atomic E-state index is 0.175. The molecule has 0 aromatic heterocycles. The van der Waals surface area contributed by atoms with E-state index < -0.39 is 48.0 Å². The molecule has 4 N–H and O–H groups in total. The van der Waals surface area contributed by atoms with Gasteiger partial charge in [0.05, 0.1) is 6.54 Å². The number of hydrogen-bond acceptors (Lipinski definition) is 5. The topological polar surface area (TPSA) is 136 Å². The van der Waals surface area contributed by atoms with Crippen molar-refractivity contribution in [3.05, 3.63) is 0 Å². The number of carbonyl (C=O) groups excluding carboxylic acids is 3. The molecule has 1 unspecified atom stereocenters. The Labute approximate surface area is 164 Å². The van der Waals surface area contributed by atoms with Crippen LogP contribution in [0.1, 0.15) is 59.8 Å². The molecule has 9 nitrogen and oxygen atoms in total. The first-order valence-corrected chi connectivity index (χ1v) is 9.71. The van der Waals surface area contributed by atoms with Crippen molar-refractivity contribution in [2.24, 2.45) is 11.3 Å². The highest BCUT2D eigenvalue weighted by Gasteiger charge is 2.53. The highest BCUT2D eigenvalue weighted by Crippen LogP contribution is 2.45. The molecule has 0 aromatic carbocycles. The summed E-state index contributed by atoms with van der Waals surface area (Å²) in [5.41, 5.74) is -2.91. The molecule has 0 aromatic rings. The van der Waals surface area contributed by atoms with E-state index in [0.717, 1.165) is 31.1 Å². The number of hydrogen-bond donors (Lipinski definition) is 4. The molecule has 2 fully saturated rings. The largest absolute Gasteiger partial charge is 0.479 e. The van der Waals surface area contributed by atoms with E-state index in [1.165, 1.54) is 0 Å². The first-order valence-electron chi connectivity index (χ1n) is 9.71. The Morgan fingerprint density at radius 3 is 2.32 bits per heavy atom. The first kappa shape index (κ1) is 22.1. The highest BCUT2D eigenvalue weighted by molar-refractivity contribution is 6.09. The fourth-order valence-electron chi connectivity index (χ4n) is 3.89. The van der Waals surface area contributed by atoms with Crippen molar-refractivity contribution in [1.29, 1.82) is 0 Å². The quantitative estimate of drug-likeness (QED) is 0.470. The number of aliphatic hydroxyl groups is 1. The molecule has 0 bridgehead atoms. The Bertz CT molecular complexity index is 665. The van der Waals surface area contributed by atoms with E-state index >= 15 is 0 Å². The van der Waals surface area contributed by atoms with Crippen LogP contribution in [-0.4, -0.2) is 63.2 Å². The lowest BCUT2D eigenvalue weighted by atomic mass is 9.65. The van der Waals surface area contributed by atoms with Crippen LogP contribution < -0.4 is 10.6 Å². The van der Waals surface area contributed by atoms with Crippen LogP contribution in [0.2, 0.25) is 0 Å². The van der Waals surface area contributed by atoms with E-state index in [1.54, 1.807) is 0 Å². The maximum Gasteiger partial charge on any atom is 0.337 e. The van der Waals surface area contributed by atoms with Crippen molar-refractivity contribution in [1.82, 2.24) is 15.5 Å². The molecule has 28 heavy (non-hydrogen) atoms. The Morgan fingerprint density at radius 1 is 1.25 bits per heavy atom. The fourth-order valence-corrected chi connectivity index (χ4v) is 3.89. The predicted octanol–water partition coefficient (Wildman–Crippen LogP) is 0.855. The average molecular weight is 397 g/mol. The van der Waals surface area contributed by atoms with E-state index in [1.807, 2.05) is 0 Å². The summed E-state index contributed by atoms with van der Waals surface area (Å²) in [7, 11) is 0. The second-order valence-corrected chi connectivity index (χ2v) is 8.88. The molecular weight excluding hydrogens is 366 g/mol. The van der Waals surface area contributed by atoms with Crippen LogP contribution in [0.3, 0.4) is 0 Å². The molecule has 1 aliphatic carbocycles. The van der Waals surface area contributed by atoms with Gasteiger partial charge in [0.25, 0.3) is 5.91 Å². The third kappa shape index (κ3) is 4.29. The van der Waals surface area contributed by atoms with Gasteiger partial charge in [-0.25, -0.2) is 9.59 Å². The van der Waals surface area contributed by atoms with E-state index in [2.05, 4.69) is 31.4 Å². The summed E-state index contributed by atoms with van der Waals surface area (Å²) >= 11 is 0. The second-order valence-electron chi connectivity index (χ2n) is 8.88. The molecule has 0 radical (unpaired) electrons. The summed E-state index contributed by atoms with van der Waals surface area (Å²) in [4.78, 5) is 49.0. The summed E-state index contributed by atoms with van der Waals surface area (Å²) in [6.45, 7) is 6.60. The third-order valence-corrected chi connectivity index (χ3v) is 6.49. The molecular formula is C19H31N3O6. The maximum atomic E-state index is 12.9. The maximum absolute atomic E-state index is 12.9. The zero-order chi connectivity index (χ0) is 21.3. The number of nitrogens with zero attached hydrogens (tertiary/aromatic N) is 1. The third-order valence-electron chi connectivity index (χ3n) is 6.49. The minimum Gasteiger partial charge on any atom is -0.479 e. The van der Waals surface area contributed by atoms with Gasteiger partial charge >= 0.3 is 12.0 Å². The van der Waals surface area contributed by atoms with Gasteiger partial charge in [-0.1, -0.05) is 27.2 Å². The molecule has 158 valence electrons. The first-order chi connectivity index (χ1) is 12.8. The molecule has 2 aliphatic rings. The van der Waals surface area contributed by atoms with Crippen LogP contribution >= 0.6 is 0 Å². The van der Waals surface area contributed by atoms with Crippen LogP contribution in [0.25, 0.3) is 0 Å².